The molecule has 2 fully saturated rings. The molecule has 2 rings (SSSR count). The van der Waals surface area contributed by atoms with Crippen molar-refractivity contribution in [3.8, 4) is 0 Å². The molecule has 0 aliphatic heterocycles. The average Bonchev–Trinajstić information content (AvgIpc) is 2.91. The third kappa shape index (κ3) is 2.77. The predicted molar refractivity (Wildman–Crippen MR) is 77.0 cm³/mol. The third-order valence-corrected chi connectivity index (χ3v) is 6.17. The van der Waals surface area contributed by atoms with Crippen LogP contribution < -0.4 is 0 Å². The van der Waals surface area contributed by atoms with Gasteiger partial charge in [0.25, 0.3) is 5.92 Å². The van der Waals surface area contributed by atoms with Gasteiger partial charge in [0.2, 0.25) is 11.3 Å². The van der Waals surface area contributed by atoms with Gasteiger partial charge in [-0.2, -0.15) is 13.2 Å². The van der Waals surface area contributed by atoms with Gasteiger partial charge in [0.15, 0.2) is 0 Å². The first kappa shape index (κ1) is 20.8. The molecule has 0 heterocycles. The highest BCUT2D eigenvalue weighted by Crippen LogP contribution is 2.70. The van der Waals surface area contributed by atoms with Crippen molar-refractivity contribution in [1.29, 1.82) is 0 Å². The van der Waals surface area contributed by atoms with E-state index in [2.05, 4.69) is 9.47 Å². The molecule has 0 radical (unpaired) electrons. The zero-order valence-corrected chi connectivity index (χ0v) is 14.6. The fraction of sp³-hybridized carbons (Fsp3) is 1.00. The molecule has 148 valence electrons. The van der Waals surface area contributed by atoms with E-state index in [1.165, 1.54) is 21.0 Å². The van der Waals surface area contributed by atoms with Crippen LogP contribution in [-0.2, 0) is 14.2 Å². The van der Waals surface area contributed by atoms with Crippen LogP contribution in [0.25, 0.3) is 0 Å². The van der Waals surface area contributed by atoms with Gasteiger partial charge >= 0.3 is 6.18 Å². The van der Waals surface area contributed by atoms with Crippen molar-refractivity contribution in [2.45, 2.75) is 50.6 Å². The van der Waals surface area contributed by atoms with Crippen LogP contribution >= 0.6 is 0 Å². The van der Waals surface area contributed by atoms with Crippen LogP contribution in [0.4, 0.5) is 26.3 Å². The molecular formula is C16H24F6O3. The van der Waals surface area contributed by atoms with Gasteiger partial charge in [-0.05, 0) is 25.2 Å². The summed E-state index contributed by atoms with van der Waals surface area (Å²) in [4.78, 5) is 0. The quantitative estimate of drug-likeness (QED) is 0.377. The molecule has 6 atom stereocenters. The fourth-order valence-electron chi connectivity index (χ4n) is 4.38. The van der Waals surface area contributed by atoms with Crippen LogP contribution in [0.5, 0.6) is 0 Å². The van der Waals surface area contributed by atoms with Crippen molar-refractivity contribution in [2.75, 3.05) is 27.1 Å². The normalized spacial score (nSPS) is 39.6. The second kappa shape index (κ2) is 6.56. The van der Waals surface area contributed by atoms with Crippen molar-refractivity contribution in [3.05, 3.63) is 0 Å². The molecule has 9 heteroatoms. The second-order valence-corrected chi connectivity index (χ2v) is 7.20. The summed E-state index contributed by atoms with van der Waals surface area (Å²) in [5.74, 6) is -8.17. The lowest BCUT2D eigenvalue weighted by Crippen LogP contribution is -2.71. The van der Waals surface area contributed by atoms with E-state index in [0.29, 0.717) is 6.92 Å². The van der Waals surface area contributed by atoms with Gasteiger partial charge in [0.1, 0.15) is 6.79 Å². The van der Waals surface area contributed by atoms with E-state index in [0.717, 1.165) is 0 Å². The topological polar surface area (TPSA) is 27.7 Å². The van der Waals surface area contributed by atoms with E-state index in [-0.39, 0.29) is 19.6 Å². The van der Waals surface area contributed by atoms with Crippen molar-refractivity contribution in [2.24, 2.45) is 23.7 Å². The Morgan fingerprint density at radius 1 is 1.00 bits per heavy atom. The molecule has 2 saturated carbocycles. The SMILES string of the molecule is COCCOCOC(C)(C(F)(F)F)C1(F)C2CC(C(C)C2C)C1(F)F. The van der Waals surface area contributed by atoms with Crippen LogP contribution in [0.2, 0.25) is 0 Å². The maximum Gasteiger partial charge on any atom is 0.420 e. The van der Waals surface area contributed by atoms with Crippen LogP contribution in [0, 0.1) is 23.7 Å². The first-order chi connectivity index (χ1) is 11.4. The van der Waals surface area contributed by atoms with E-state index in [1.54, 1.807) is 0 Å². The molecule has 3 nitrogen and oxygen atoms in total. The smallest absolute Gasteiger partial charge is 0.382 e. The molecule has 0 aromatic carbocycles. The van der Waals surface area contributed by atoms with Crippen LogP contribution in [0.1, 0.15) is 27.2 Å². The summed E-state index contributed by atoms with van der Waals surface area (Å²) in [6.45, 7) is 2.44. The average molecular weight is 378 g/mol. The summed E-state index contributed by atoms with van der Waals surface area (Å²) in [6, 6.07) is 0. The minimum Gasteiger partial charge on any atom is -0.382 e. The van der Waals surface area contributed by atoms with Gasteiger partial charge in [-0.1, -0.05) is 13.8 Å². The highest BCUT2D eigenvalue weighted by atomic mass is 19.4. The van der Waals surface area contributed by atoms with Crippen LogP contribution in [-0.4, -0.2) is 50.5 Å². The molecule has 25 heavy (non-hydrogen) atoms. The Kier molecular flexibility index (Phi) is 5.45. The molecular weight excluding hydrogens is 354 g/mol. The first-order valence-corrected chi connectivity index (χ1v) is 8.20. The number of methoxy groups -OCH3 is 1. The maximum absolute atomic E-state index is 15.7. The molecule has 0 aromatic heterocycles. The van der Waals surface area contributed by atoms with Crippen LogP contribution in [0.15, 0.2) is 0 Å². The summed E-state index contributed by atoms with van der Waals surface area (Å²) in [5, 5.41) is 0. The first-order valence-electron chi connectivity index (χ1n) is 8.20. The lowest BCUT2D eigenvalue weighted by Gasteiger charge is -2.51. The molecule has 0 spiro atoms. The number of fused-ring (bicyclic) bond motifs is 2. The summed E-state index contributed by atoms with van der Waals surface area (Å²) in [6.07, 6.45) is -5.62. The number of rotatable bonds is 7. The number of hydrogen-bond acceptors (Lipinski definition) is 3. The van der Waals surface area contributed by atoms with Gasteiger partial charge in [0, 0.05) is 18.9 Å². The van der Waals surface area contributed by atoms with E-state index in [1.807, 2.05) is 0 Å². The molecule has 2 aliphatic carbocycles. The maximum atomic E-state index is 15.7. The number of alkyl halides is 6. The highest BCUT2D eigenvalue weighted by Gasteiger charge is 2.85. The Hall–Kier alpha value is -0.540. The summed E-state index contributed by atoms with van der Waals surface area (Å²) in [5.41, 5.74) is -7.52. The lowest BCUT2D eigenvalue weighted by molar-refractivity contribution is -0.374. The Morgan fingerprint density at radius 2 is 1.56 bits per heavy atom. The molecule has 0 amide bonds. The van der Waals surface area contributed by atoms with E-state index >= 15 is 4.39 Å². The van der Waals surface area contributed by atoms with Crippen LogP contribution in [0.3, 0.4) is 0 Å². The Balaban J connectivity index is 2.34. The van der Waals surface area contributed by atoms with Gasteiger partial charge in [-0.3, -0.25) is 0 Å². The fourth-order valence-corrected chi connectivity index (χ4v) is 4.38. The molecule has 2 bridgehead atoms. The Bertz CT molecular complexity index is 485. The van der Waals surface area contributed by atoms with Crippen molar-refractivity contribution in [3.63, 3.8) is 0 Å². The monoisotopic (exact) mass is 378 g/mol. The minimum absolute atomic E-state index is 0.0856. The summed E-state index contributed by atoms with van der Waals surface area (Å²) < 4.78 is 100. The second-order valence-electron chi connectivity index (χ2n) is 7.20. The summed E-state index contributed by atoms with van der Waals surface area (Å²) >= 11 is 0. The zero-order chi connectivity index (χ0) is 19.3. The zero-order valence-electron chi connectivity index (χ0n) is 14.6. The number of halogens is 6. The Morgan fingerprint density at radius 3 is 2.04 bits per heavy atom. The molecule has 2 aliphatic rings. The van der Waals surface area contributed by atoms with Gasteiger partial charge in [-0.15, -0.1) is 0 Å². The molecule has 0 aromatic rings. The van der Waals surface area contributed by atoms with E-state index < -0.39 is 53.8 Å². The molecule has 0 N–H and O–H groups in total. The molecule has 0 saturated heterocycles. The van der Waals surface area contributed by atoms with Gasteiger partial charge < -0.3 is 14.2 Å². The lowest BCUT2D eigenvalue weighted by atomic mass is 9.64. The summed E-state index contributed by atoms with van der Waals surface area (Å²) in [7, 11) is 1.36. The van der Waals surface area contributed by atoms with Gasteiger partial charge in [0.05, 0.1) is 13.2 Å². The minimum atomic E-state index is -5.33. The number of ether oxygens (including phenoxy) is 3. The van der Waals surface area contributed by atoms with Gasteiger partial charge in [-0.25, -0.2) is 13.2 Å². The number of hydrogen-bond donors (Lipinski definition) is 0. The largest absolute Gasteiger partial charge is 0.420 e. The standard InChI is InChI=1S/C16H24F6O3/c1-9-10(2)12-7-11(9)14(17,15(12,18)19)13(3,16(20,21)22)25-8-24-6-5-23-4/h9-12H,5-8H2,1-4H3. The molecule has 6 unspecified atom stereocenters. The third-order valence-electron chi connectivity index (χ3n) is 6.17. The van der Waals surface area contributed by atoms with E-state index in [4.69, 9.17) is 4.74 Å². The van der Waals surface area contributed by atoms with Crippen molar-refractivity contribution < 1.29 is 40.6 Å². The van der Waals surface area contributed by atoms with Crippen molar-refractivity contribution in [1.82, 2.24) is 0 Å². The van der Waals surface area contributed by atoms with Crippen molar-refractivity contribution >= 4 is 0 Å². The predicted octanol–water partition coefficient (Wildman–Crippen LogP) is 4.21. The highest BCUT2D eigenvalue weighted by molar-refractivity contribution is 5.24. The Labute approximate surface area is 143 Å². The van der Waals surface area contributed by atoms with E-state index in [9.17, 15) is 22.0 Å².